The first-order chi connectivity index (χ1) is 9.12. The Labute approximate surface area is 112 Å². The van der Waals surface area contributed by atoms with Crippen molar-refractivity contribution in [3.8, 4) is 11.9 Å². The topological polar surface area (TPSA) is 85.1 Å². The lowest BCUT2D eigenvalue weighted by molar-refractivity contribution is -0.143. The third-order valence-electron chi connectivity index (χ3n) is 2.21. The lowest BCUT2D eigenvalue weighted by atomic mass is 10.1. The molecule has 0 saturated carbocycles. The minimum Gasteiger partial charge on any atom is -0.478 e. The van der Waals surface area contributed by atoms with Crippen LogP contribution in [0.3, 0.4) is 0 Å². The number of aromatic nitrogens is 2. The second kappa shape index (κ2) is 7.31. The molecule has 0 bridgehead atoms. The van der Waals surface area contributed by atoms with E-state index in [0.29, 0.717) is 18.2 Å². The molecule has 1 atom stereocenters. The average molecular weight is 263 g/mol. The zero-order valence-electron chi connectivity index (χ0n) is 11.3. The van der Waals surface area contributed by atoms with Gasteiger partial charge in [0.2, 0.25) is 11.8 Å². The molecule has 6 heteroatoms. The largest absolute Gasteiger partial charge is 0.478 e. The normalized spacial score (nSPS) is 11.5. The summed E-state index contributed by atoms with van der Waals surface area (Å²) in [7, 11) is 0. The molecular formula is C13H17N3O3. The molecular weight excluding hydrogens is 246 g/mol. The van der Waals surface area contributed by atoms with Crippen LogP contribution in [0, 0.1) is 18.3 Å². The van der Waals surface area contributed by atoms with E-state index in [9.17, 15) is 4.79 Å². The molecule has 102 valence electrons. The summed E-state index contributed by atoms with van der Waals surface area (Å²) in [5.74, 6) is -1.28. The summed E-state index contributed by atoms with van der Waals surface area (Å²) in [6.07, 6.45) is 0.845. The van der Waals surface area contributed by atoms with E-state index in [2.05, 4.69) is 9.97 Å². The van der Waals surface area contributed by atoms with Crippen LogP contribution in [0.4, 0.5) is 0 Å². The SMILES string of the molecule is CCCOc1cc(C)nc(C(C#N)C(=O)OCC)n1. The summed E-state index contributed by atoms with van der Waals surface area (Å²) in [5, 5.41) is 9.06. The summed E-state index contributed by atoms with van der Waals surface area (Å²) in [5.41, 5.74) is 0.639. The van der Waals surface area contributed by atoms with Crippen molar-refractivity contribution >= 4 is 5.97 Å². The van der Waals surface area contributed by atoms with Crippen molar-refractivity contribution in [3.63, 3.8) is 0 Å². The fourth-order valence-corrected chi connectivity index (χ4v) is 1.41. The van der Waals surface area contributed by atoms with Crippen molar-refractivity contribution in [2.45, 2.75) is 33.1 Å². The highest BCUT2D eigenvalue weighted by atomic mass is 16.5. The smallest absolute Gasteiger partial charge is 0.331 e. The maximum atomic E-state index is 11.6. The summed E-state index contributed by atoms with van der Waals surface area (Å²) in [4.78, 5) is 19.8. The molecule has 0 fully saturated rings. The summed E-state index contributed by atoms with van der Waals surface area (Å²) in [6, 6.07) is 3.52. The molecule has 0 aliphatic carbocycles. The molecule has 0 aliphatic rings. The molecule has 0 aliphatic heterocycles. The predicted molar refractivity (Wildman–Crippen MR) is 67.5 cm³/mol. The van der Waals surface area contributed by atoms with Crippen molar-refractivity contribution in [1.29, 1.82) is 5.26 Å². The predicted octanol–water partition coefficient (Wildman–Crippen LogP) is 1.74. The van der Waals surface area contributed by atoms with E-state index in [1.807, 2.05) is 13.0 Å². The maximum Gasteiger partial charge on any atom is 0.331 e. The summed E-state index contributed by atoms with van der Waals surface area (Å²) in [6.45, 7) is 6.14. The fourth-order valence-electron chi connectivity index (χ4n) is 1.41. The minimum atomic E-state index is -1.12. The Morgan fingerprint density at radius 3 is 2.79 bits per heavy atom. The zero-order valence-corrected chi connectivity index (χ0v) is 11.3. The van der Waals surface area contributed by atoms with Crippen molar-refractivity contribution in [2.75, 3.05) is 13.2 Å². The Kier molecular flexibility index (Phi) is 5.73. The van der Waals surface area contributed by atoms with Crippen LogP contribution in [0.25, 0.3) is 0 Å². The summed E-state index contributed by atoms with van der Waals surface area (Å²) >= 11 is 0. The average Bonchev–Trinajstić information content (AvgIpc) is 2.37. The van der Waals surface area contributed by atoms with Crippen LogP contribution in [-0.4, -0.2) is 29.2 Å². The highest BCUT2D eigenvalue weighted by molar-refractivity contribution is 5.80. The molecule has 6 nitrogen and oxygen atoms in total. The van der Waals surface area contributed by atoms with Gasteiger partial charge < -0.3 is 9.47 Å². The van der Waals surface area contributed by atoms with Gasteiger partial charge in [-0.15, -0.1) is 0 Å². The third kappa shape index (κ3) is 4.21. The lowest BCUT2D eigenvalue weighted by Gasteiger charge is -2.10. The van der Waals surface area contributed by atoms with Gasteiger partial charge in [0.15, 0.2) is 5.82 Å². The number of hydrogen-bond acceptors (Lipinski definition) is 6. The fraction of sp³-hybridized carbons (Fsp3) is 0.538. The number of rotatable bonds is 6. The Morgan fingerprint density at radius 2 is 2.21 bits per heavy atom. The number of carbonyl (C=O) groups excluding carboxylic acids is 1. The molecule has 1 aromatic heterocycles. The summed E-state index contributed by atoms with van der Waals surface area (Å²) < 4.78 is 10.2. The number of ether oxygens (including phenoxy) is 2. The molecule has 19 heavy (non-hydrogen) atoms. The van der Waals surface area contributed by atoms with Crippen LogP contribution in [0.5, 0.6) is 5.88 Å². The van der Waals surface area contributed by atoms with Crippen LogP contribution in [0.2, 0.25) is 0 Å². The van der Waals surface area contributed by atoms with E-state index in [1.54, 1.807) is 19.9 Å². The van der Waals surface area contributed by atoms with Crippen LogP contribution < -0.4 is 4.74 Å². The first-order valence-electron chi connectivity index (χ1n) is 6.17. The van der Waals surface area contributed by atoms with E-state index in [4.69, 9.17) is 14.7 Å². The van der Waals surface area contributed by atoms with Gasteiger partial charge in [0, 0.05) is 11.8 Å². The molecule has 1 unspecified atom stereocenters. The Balaban J connectivity index is 3.00. The first-order valence-corrected chi connectivity index (χ1v) is 6.17. The van der Waals surface area contributed by atoms with E-state index in [1.165, 1.54) is 0 Å². The quantitative estimate of drug-likeness (QED) is 0.727. The first kappa shape index (κ1) is 14.9. The molecule has 0 amide bonds. The molecule has 0 spiro atoms. The van der Waals surface area contributed by atoms with E-state index in [0.717, 1.165) is 6.42 Å². The van der Waals surface area contributed by atoms with Gasteiger partial charge in [-0.3, -0.25) is 4.79 Å². The molecule has 0 N–H and O–H groups in total. The molecule has 1 heterocycles. The highest BCUT2D eigenvalue weighted by Gasteiger charge is 2.25. The number of esters is 1. The monoisotopic (exact) mass is 263 g/mol. The number of nitrogens with zero attached hydrogens (tertiary/aromatic N) is 3. The number of nitriles is 1. The van der Waals surface area contributed by atoms with Crippen LogP contribution in [-0.2, 0) is 9.53 Å². The highest BCUT2D eigenvalue weighted by Crippen LogP contribution is 2.17. The van der Waals surface area contributed by atoms with Gasteiger partial charge in [0.05, 0.1) is 19.3 Å². The van der Waals surface area contributed by atoms with Crippen molar-refractivity contribution in [2.24, 2.45) is 0 Å². The maximum absolute atomic E-state index is 11.6. The van der Waals surface area contributed by atoms with E-state index < -0.39 is 11.9 Å². The number of carbonyl (C=O) groups is 1. The Morgan fingerprint density at radius 1 is 1.47 bits per heavy atom. The lowest BCUT2D eigenvalue weighted by Crippen LogP contribution is -2.18. The van der Waals surface area contributed by atoms with Crippen LogP contribution >= 0.6 is 0 Å². The van der Waals surface area contributed by atoms with Gasteiger partial charge in [0.1, 0.15) is 0 Å². The van der Waals surface area contributed by atoms with Gasteiger partial charge in [0.25, 0.3) is 0 Å². The van der Waals surface area contributed by atoms with Crippen molar-refractivity contribution < 1.29 is 14.3 Å². The second-order valence-electron chi connectivity index (χ2n) is 3.87. The molecule has 0 radical (unpaired) electrons. The standard InChI is InChI=1S/C13H17N3O3/c1-4-6-19-11-7-9(3)15-12(16-11)10(8-14)13(17)18-5-2/h7,10H,4-6H2,1-3H3. The molecule has 0 saturated heterocycles. The van der Waals surface area contributed by atoms with Gasteiger partial charge >= 0.3 is 5.97 Å². The second-order valence-corrected chi connectivity index (χ2v) is 3.87. The van der Waals surface area contributed by atoms with Crippen LogP contribution in [0.1, 0.15) is 37.7 Å². The van der Waals surface area contributed by atoms with Gasteiger partial charge in [-0.2, -0.15) is 10.2 Å². The molecule has 1 aromatic rings. The van der Waals surface area contributed by atoms with Crippen molar-refractivity contribution in [1.82, 2.24) is 9.97 Å². The molecule has 1 rings (SSSR count). The Bertz CT molecular complexity index is 483. The van der Waals surface area contributed by atoms with E-state index >= 15 is 0 Å². The minimum absolute atomic E-state index is 0.118. The number of hydrogen-bond donors (Lipinski definition) is 0. The number of aryl methyl sites for hydroxylation is 1. The van der Waals surface area contributed by atoms with Crippen LogP contribution in [0.15, 0.2) is 6.07 Å². The van der Waals surface area contributed by atoms with Crippen molar-refractivity contribution in [3.05, 3.63) is 17.6 Å². The van der Waals surface area contributed by atoms with Gasteiger partial charge in [-0.1, -0.05) is 6.92 Å². The van der Waals surface area contributed by atoms with E-state index in [-0.39, 0.29) is 12.4 Å². The van der Waals surface area contributed by atoms with Gasteiger partial charge in [-0.25, -0.2) is 4.98 Å². The Hall–Kier alpha value is -2.16. The third-order valence-corrected chi connectivity index (χ3v) is 2.21. The zero-order chi connectivity index (χ0) is 14.3. The van der Waals surface area contributed by atoms with Gasteiger partial charge in [-0.05, 0) is 20.3 Å². The molecule has 0 aromatic carbocycles.